The highest BCUT2D eigenvalue weighted by Gasteiger charge is 2.20. The molecule has 0 aliphatic rings. The van der Waals surface area contributed by atoms with Crippen molar-refractivity contribution in [1.29, 1.82) is 0 Å². The lowest BCUT2D eigenvalue weighted by atomic mass is 9.98. The summed E-state index contributed by atoms with van der Waals surface area (Å²) in [5.41, 5.74) is 2.10. The molecule has 0 unspecified atom stereocenters. The van der Waals surface area contributed by atoms with E-state index in [0.29, 0.717) is 23.5 Å². The van der Waals surface area contributed by atoms with E-state index in [1.54, 1.807) is 12.1 Å². The van der Waals surface area contributed by atoms with Crippen LogP contribution < -0.4 is 4.74 Å². The number of carbonyl (C=O) groups excluding carboxylic acids is 1. The standard InChI is InChI=1S/C21H17NO5/c1-26-21(23)19-13-16(22(24)25)11-12-17(19)18-9-5-6-10-20(18)27-14-15-7-3-2-4-8-15/h2-13H,14H2,1H3. The first-order chi connectivity index (χ1) is 13.1. The van der Waals surface area contributed by atoms with Crippen molar-refractivity contribution >= 4 is 11.7 Å². The summed E-state index contributed by atoms with van der Waals surface area (Å²) in [4.78, 5) is 22.7. The fraction of sp³-hybridized carbons (Fsp3) is 0.0952. The second kappa shape index (κ2) is 8.14. The monoisotopic (exact) mass is 363 g/mol. The number of nitro benzene ring substituents is 1. The zero-order valence-electron chi connectivity index (χ0n) is 14.6. The molecule has 0 spiro atoms. The van der Waals surface area contributed by atoms with E-state index in [-0.39, 0.29) is 11.3 Å². The van der Waals surface area contributed by atoms with Crippen LogP contribution in [0, 0.1) is 10.1 Å². The van der Waals surface area contributed by atoms with Crippen molar-refractivity contribution in [3.8, 4) is 16.9 Å². The molecule has 0 N–H and O–H groups in total. The van der Waals surface area contributed by atoms with Crippen molar-refractivity contribution in [3.63, 3.8) is 0 Å². The molecule has 0 saturated carbocycles. The zero-order chi connectivity index (χ0) is 19.2. The summed E-state index contributed by atoms with van der Waals surface area (Å²) in [5.74, 6) is -0.0769. The third-order valence-electron chi connectivity index (χ3n) is 4.03. The molecule has 0 amide bonds. The summed E-state index contributed by atoms with van der Waals surface area (Å²) >= 11 is 0. The van der Waals surface area contributed by atoms with Gasteiger partial charge >= 0.3 is 5.97 Å². The molecule has 0 aliphatic carbocycles. The van der Waals surface area contributed by atoms with E-state index in [2.05, 4.69) is 0 Å². The Morgan fingerprint density at radius 2 is 1.67 bits per heavy atom. The molecule has 3 aromatic rings. The van der Waals surface area contributed by atoms with E-state index < -0.39 is 10.9 Å². The van der Waals surface area contributed by atoms with Gasteiger partial charge in [0.15, 0.2) is 0 Å². The fourth-order valence-corrected chi connectivity index (χ4v) is 2.71. The molecule has 0 heterocycles. The summed E-state index contributed by atoms with van der Waals surface area (Å²) in [6.07, 6.45) is 0. The van der Waals surface area contributed by atoms with Crippen LogP contribution in [-0.2, 0) is 11.3 Å². The molecule has 136 valence electrons. The van der Waals surface area contributed by atoms with E-state index in [4.69, 9.17) is 9.47 Å². The number of methoxy groups -OCH3 is 1. The van der Waals surface area contributed by atoms with Crippen molar-refractivity contribution < 1.29 is 19.2 Å². The number of benzene rings is 3. The Labute approximate surface area is 156 Å². The summed E-state index contributed by atoms with van der Waals surface area (Å²) in [7, 11) is 1.24. The number of rotatable bonds is 6. The van der Waals surface area contributed by atoms with Gasteiger partial charge in [0.1, 0.15) is 12.4 Å². The van der Waals surface area contributed by atoms with Crippen molar-refractivity contribution in [1.82, 2.24) is 0 Å². The van der Waals surface area contributed by atoms with Gasteiger partial charge in [-0.25, -0.2) is 4.79 Å². The van der Waals surface area contributed by atoms with Crippen LogP contribution >= 0.6 is 0 Å². The Morgan fingerprint density at radius 3 is 2.37 bits per heavy atom. The number of carbonyl (C=O) groups is 1. The molecule has 0 radical (unpaired) electrons. The lowest BCUT2D eigenvalue weighted by Gasteiger charge is -2.14. The summed E-state index contributed by atoms with van der Waals surface area (Å²) in [6.45, 7) is 0.360. The van der Waals surface area contributed by atoms with Gasteiger partial charge in [0, 0.05) is 23.3 Å². The van der Waals surface area contributed by atoms with Gasteiger partial charge in [0.05, 0.1) is 17.6 Å². The predicted molar refractivity (Wildman–Crippen MR) is 101 cm³/mol. The molecular weight excluding hydrogens is 346 g/mol. The molecule has 0 fully saturated rings. The van der Waals surface area contributed by atoms with E-state index >= 15 is 0 Å². The minimum atomic E-state index is -0.647. The minimum Gasteiger partial charge on any atom is -0.488 e. The summed E-state index contributed by atoms with van der Waals surface area (Å²) in [6, 6.07) is 21.0. The molecule has 0 aliphatic heterocycles. The van der Waals surface area contributed by atoms with Crippen molar-refractivity contribution in [3.05, 3.63) is 94.0 Å². The van der Waals surface area contributed by atoms with Crippen molar-refractivity contribution in [2.45, 2.75) is 6.61 Å². The predicted octanol–water partition coefficient (Wildman–Crippen LogP) is 4.63. The number of non-ortho nitro benzene ring substituents is 1. The van der Waals surface area contributed by atoms with Crippen molar-refractivity contribution in [2.75, 3.05) is 7.11 Å². The van der Waals surface area contributed by atoms with E-state index in [1.165, 1.54) is 25.3 Å². The third kappa shape index (κ3) is 4.12. The van der Waals surface area contributed by atoms with Gasteiger partial charge in [-0.2, -0.15) is 0 Å². The quantitative estimate of drug-likeness (QED) is 0.362. The van der Waals surface area contributed by atoms with Crippen molar-refractivity contribution in [2.24, 2.45) is 0 Å². The number of nitro groups is 1. The van der Waals surface area contributed by atoms with Gasteiger partial charge < -0.3 is 9.47 Å². The number of para-hydroxylation sites is 1. The molecule has 6 heteroatoms. The second-order valence-corrected chi connectivity index (χ2v) is 5.75. The Hall–Kier alpha value is -3.67. The maximum atomic E-state index is 12.2. The summed E-state index contributed by atoms with van der Waals surface area (Å²) < 4.78 is 10.7. The van der Waals surface area contributed by atoms with Crippen LogP contribution in [0.25, 0.3) is 11.1 Å². The highest BCUT2D eigenvalue weighted by atomic mass is 16.6. The van der Waals surface area contributed by atoms with Gasteiger partial charge in [0.25, 0.3) is 5.69 Å². The first-order valence-corrected chi connectivity index (χ1v) is 8.23. The summed E-state index contributed by atoms with van der Waals surface area (Å²) in [5, 5.41) is 11.1. The van der Waals surface area contributed by atoms with Gasteiger partial charge in [-0.15, -0.1) is 0 Å². The lowest BCUT2D eigenvalue weighted by Crippen LogP contribution is -2.05. The van der Waals surface area contributed by atoms with Crippen LogP contribution in [0.2, 0.25) is 0 Å². The van der Waals surface area contributed by atoms with Crippen LogP contribution in [0.4, 0.5) is 5.69 Å². The zero-order valence-corrected chi connectivity index (χ0v) is 14.6. The highest BCUT2D eigenvalue weighted by molar-refractivity contribution is 5.98. The Morgan fingerprint density at radius 1 is 0.963 bits per heavy atom. The van der Waals surface area contributed by atoms with Gasteiger partial charge in [-0.1, -0.05) is 48.5 Å². The molecule has 3 aromatic carbocycles. The molecule has 6 nitrogen and oxygen atoms in total. The van der Waals surface area contributed by atoms with Gasteiger partial charge in [0.2, 0.25) is 0 Å². The molecule has 27 heavy (non-hydrogen) atoms. The van der Waals surface area contributed by atoms with Crippen LogP contribution in [-0.4, -0.2) is 18.0 Å². The molecule has 0 atom stereocenters. The minimum absolute atomic E-state index is 0.113. The molecular formula is C21H17NO5. The number of nitrogens with zero attached hydrogens (tertiary/aromatic N) is 1. The average molecular weight is 363 g/mol. The van der Waals surface area contributed by atoms with Gasteiger partial charge in [-0.05, 0) is 17.7 Å². The van der Waals surface area contributed by atoms with E-state index in [9.17, 15) is 14.9 Å². The maximum absolute atomic E-state index is 12.2. The Kier molecular flexibility index (Phi) is 5.47. The second-order valence-electron chi connectivity index (χ2n) is 5.75. The topological polar surface area (TPSA) is 78.7 Å². The average Bonchev–Trinajstić information content (AvgIpc) is 2.72. The number of ether oxygens (including phenoxy) is 2. The Balaban J connectivity index is 2.01. The molecule has 3 rings (SSSR count). The molecule has 0 saturated heterocycles. The normalized spacial score (nSPS) is 10.3. The van der Waals surface area contributed by atoms with Crippen LogP contribution in [0.3, 0.4) is 0 Å². The number of esters is 1. The third-order valence-corrected chi connectivity index (χ3v) is 4.03. The lowest BCUT2D eigenvalue weighted by molar-refractivity contribution is -0.384. The fourth-order valence-electron chi connectivity index (χ4n) is 2.71. The van der Waals surface area contributed by atoms with Gasteiger partial charge in [-0.3, -0.25) is 10.1 Å². The highest BCUT2D eigenvalue weighted by Crippen LogP contribution is 2.34. The Bertz CT molecular complexity index is 969. The smallest absolute Gasteiger partial charge is 0.338 e. The number of hydrogen-bond donors (Lipinski definition) is 0. The molecule has 0 aromatic heterocycles. The number of hydrogen-bond acceptors (Lipinski definition) is 5. The molecule has 0 bridgehead atoms. The SMILES string of the molecule is COC(=O)c1cc([N+](=O)[O-])ccc1-c1ccccc1OCc1ccccc1. The maximum Gasteiger partial charge on any atom is 0.338 e. The largest absolute Gasteiger partial charge is 0.488 e. The van der Waals surface area contributed by atoms with E-state index in [1.807, 2.05) is 42.5 Å². The van der Waals surface area contributed by atoms with Crippen LogP contribution in [0.5, 0.6) is 5.75 Å². The first kappa shape index (κ1) is 18.1. The first-order valence-electron chi connectivity index (χ1n) is 8.23. The van der Waals surface area contributed by atoms with E-state index in [0.717, 1.165) is 5.56 Å². The van der Waals surface area contributed by atoms with Crippen LogP contribution in [0.1, 0.15) is 15.9 Å². The van der Waals surface area contributed by atoms with Crippen LogP contribution in [0.15, 0.2) is 72.8 Å².